The maximum Gasteiger partial charge on any atom is 0.410 e. The Bertz CT molecular complexity index is 1310. The van der Waals surface area contributed by atoms with E-state index >= 15 is 0 Å². The summed E-state index contributed by atoms with van der Waals surface area (Å²) in [6, 6.07) is 11.8. The van der Waals surface area contributed by atoms with Gasteiger partial charge in [-0.25, -0.2) is 14.0 Å². The van der Waals surface area contributed by atoms with E-state index in [0.717, 1.165) is 12.0 Å². The van der Waals surface area contributed by atoms with E-state index in [9.17, 15) is 18.8 Å². The highest BCUT2D eigenvalue weighted by Gasteiger charge is 2.20. The van der Waals surface area contributed by atoms with Gasteiger partial charge in [-0.05, 0) is 63.1 Å². The van der Waals surface area contributed by atoms with Crippen molar-refractivity contribution in [1.82, 2.24) is 4.90 Å². The number of benzene rings is 2. The van der Waals surface area contributed by atoms with Crippen LogP contribution in [-0.2, 0) is 17.7 Å². The van der Waals surface area contributed by atoms with Gasteiger partial charge in [-0.15, -0.1) is 0 Å². The number of hydrogen-bond donors (Lipinski definition) is 1. The highest BCUT2D eigenvalue weighted by atomic mass is 19.1. The monoisotopic (exact) mass is 512 g/mol. The number of hydrogen-bond acceptors (Lipinski definition) is 6. The molecular formula is C28H33FN2O6. The van der Waals surface area contributed by atoms with E-state index in [2.05, 4.69) is 5.32 Å². The number of nitrogens with zero attached hydrogens (tertiary/aromatic N) is 1. The predicted molar refractivity (Wildman–Crippen MR) is 140 cm³/mol. The van der Waals surface area contributed by atoms with Crippen LogP contribution in [0, 0.1) is 0 Å². The van der Waals surface area contributed by atoms with Gasteiger partial charge in [-0.3, -0.25) is 4.79 Å². The fourth-order valence-corrected chi connectivity index (χ4v) is 3.72. The molecule has 9 heteroatoms. The molecule has 3 aromatic rings. The summed E-state index contributed by atoms with van der Waals surface area (Å²) in [6.45, 7) is 6.98. The van der Waals surface area contributed by atoms with Gasteiger partial charge < -0.3 is 24.1 Å². The second-order valence-corrected chi connectivity index (χ2v) is 9.68. The van der Waals surface area contributed by atoms with Crippen LogP contribution in [0.25, 0.3) is 11.0 Å². The summed E-state index contributed by atoms with van der Waals surface area (Å²) >= 11 is 0. The zero-order valence-electron chi connectivity index (χ0n) is 21.9. The summed E-state index contributed by atoms with van der Waals surface area (Å²) < 4.78 is 29.0. The van der Waals surface area contributed by atoms with Gasteiger partial charge in [0.1, 0.15) is 35.8 Å². The van der Waals surface area contributed by atoms with E-state index < -0.39 is 29.9 Å². The van der Waals surface area contributed by atoms with Gasteiger partial charge in [0.05, 0.1) is 0 Å². The lowest BCUT2D eigenvalue weighted by Gasteiger charge is -2.24. The number of carbonyl (C=O) groups excluding carboxylic acids is 2. The number of halogens is 1. The number of nitrogens with one attached hydrogen (secondary N) is 1. The number of rotatable bonds is 9. The Balaban J connectivity index is 1.76. The summed E-state index contributed by atoms with van der Waals surface area (Å²) in [5.74, 6) is -0.145. The molecule has 1 heterocycles. The predicted octanol–water partition coefficient (Wildman–Crippen LogP) is 5.71. The normalized spacial score (nSPS) is 11.3. The Hall–Kier alpha value is -3.88. The van der Waals surface area contributed by atoms with Gasteiger partial charge in [0, 0.05) is 30.2 Å². The molecule has 0 aliphatic heterocycles. The van der Waals surface area contributed by atoms with Crippen LogP contribution in [0.2, 0.25) is 0 Å². The van der Waals surface area contributed by atoms with E-state index in [-0.39, 0.29) is 12.2 Å². The van der Waals surface area contributed by atoms with Crippen molar-refractivity contribution in [2.45, 2.75) is 52.7 Å². The Morgan fingerprint density at radius 1 is 1.11 bits per heavy atom. The van der Waals surface area contributed by atoms with Gasteiger partial charge >= 0.3 is 11.7 Å². The third-order valence-electron chi connectivity index (χ3n) is 5.38. The first kappa shape index (κ1) is 27.7. The molecular weight excluding hydrogens is 479 g/mol. The summed E-state index contributed by atoms with van der Waals surface area (Å²) in [6.07, 6.45) is 0.903. The number of carbonyl (C=O) groups is 2. The molecule has 1 N–H and O–H groups in total. The van der Waals surface area contributed by atoms with Crippen LogP contribution in [-0.4, -0.2) is 42.8 Å². The molecule has 0 atom stereocenters. The molecule has 0 saturated heterocycles. The molecule has 8 nitrogen and oxygen atoms in total. The van der Waals surface area contributed by atoms with Crippen molar-refractivity contribution in [2.75, 3.05) is 25.6 Å². The van der Waals surface area contributed by atoms with Crippen LogP contribution in [0.1, 0.15) is 55.6 Å². The van der Waals surface area contributed by atoms with Crippen molar-refractivity contribution in [2.24, 2.45) is 0 Å². The first-order valence-electron chi connectivity index (χ1n) is 12.1. The number of alkyl halides is 1. The largest absolute Gasteiger partial charge is 0.490 e. The second-order valence-electron chi connectivity index (χ2n) is 9.68. The van der Waals surface area contributed by atoms with Gasteiger partial charge in [-0.2, -0.15) is 0 Å². The minimum absolute atomic E-state index is 0.0942. The Morgan fingerprint density at radius 3 is 2.43 bits per heavy atom. The molecule has 2 amide bonds. The van der Waals surface area contributed by atoms with Gasteiger partial charge in [0.15, 0.2) is 0 Å². The molecule has 0 spiro atoms. The van der Waals surface area contributed by atoms with Crippen LogP contribution < -0.4 is 15.7 Å². The topological polar surface area (TPSA) is 98.1 Å². The van der Waals surface area contributed by atoms with Gasteiger partial charge in [-0.1, -0.05) is 25.5 Å². The number of aryl methyl sites for hydroxylation is 1. The van der Waals surface area contributed by atoms with E-state index in [1.165, 1.54) is 11.0 Å². The van der Waals surface area contributed by atoms with Crippen LogP contribution in [0.15, 0.2) is 51.7 Å². The first-order chi connectivity index (χ1) is 17.5. The van der Waals surface area contributed by atoms with Crippen LogP contribution in [0.3, 0.4) is 0 Å². The SMILES string of the molecule is CCCc1c(OCCF)ccc2cc(C(=O)Nc3ccc(CN(C)C(=O)OC(C)(C)C)cc3)c(=O)oc12. The lowest BCUT2D eigenvalue weighted by Crippen LogP contribution is -2.33. The van der Waals surface area contributed by atoms with Gasteiger partial charge in [0.2, 0.25) is 0 Å². The average molecular weight is 513 g/mol. The number of fused-ring (bicyclic) bond motifs is 1. The molecule has 1 aromatic heterocycles. The highest BCUT2D eigenvalue weighted by Crippen LogP contribution is 2.29. The third kappa shape index (κ3) is 7.31. The Kier molecular flexibility index (Phi) is 8.91. The summed E-state index contributed by atoms with van der Waals surface area (Å²) in [4.78, 5) is 39.2. The van der Waals surface area contributed by atoms with E-state index in [1.54, 1.807) is 64.2 Å². The zero-order valence-corrected chi connectivity index (χ0v) is 21.9. The Labute approximate surface area is 215 Å². The lowest BCUT2D eigenvalue weighted by atomic mass is 10.0. The molecule has 0 fully saturated rings. The average Bonchev–Trinajstić information content (AvgIpc) is 2.83. The quantitative estimate of drug-likeness (QED) is 0.369. The summed E-state index contributed by atoms with van der Waals surface area (Å²) in [7, 11) is 1.64. The van der Waals surface area contributed by atoms with Crippen molar-refractivity contribution >= 4 is 28.7 Å². The number of anilines is 1. The number of ether oxygens (including phenoxy) is 2. The molecule has 0 radical (unpaired) electrons. The maximum atomic E-state index is 12.9. The molecule has 2 aromatic carbocycles. The lowest BCUT2D eigenvalue weighted by molar-refractivity contribution is 0.0285. The van der Waals surface area contributed by atoms with E-state index in [0.29, 0.717) is 40.9 Å². The fourth-order valence-electron chi connectivity index (χ4n) is 3.72. The second kappa shape index (κ2) is 11.9. The molecule has 0 unspecified atom stereocenters. The van der Waals surface area contributed by atoms with Crippen LogP contribution >= 0.6 is 0 Å². The van der Waals surface area contributed by atoms with Crippen molar-refractivity contribution in [3.8, 4) is 5.75 Å². The van der Waals surface area contributed by atoms with Crippen molar-refractivity contribution < 1.29 is 27.9 Å². The zero-order chi connectivity index (χ0) is 27.2. The van der Waals surface area contributed by atoms with E-state index in [4.69, 9.17) is 13.9 Å². The molecule has 0 aliphatic rings. The third-order valence-corrected chi connectivity index (χ3v) is 5.38. The number of amides is 2. The highest BCUT2D eigenvalue weighted by molar-refractivity contribution is 6.05. The summed E-state index contributed by atoms with van der Waals surface area (Å²) in [5.41, 5.74) is 0.822. The van der Waals surface area contributed by atoms with E-state index in [1.807, 2.05) is 6.92 Å². The van der Waals surface area contributed by atoms with Gasteiger partial charge in [0.25, 0.3) is 5.91 Å². The maximum absolute atomic E-state index is 12.9. The van der Waals surface area contributed by atoms with Crippen LogP contribution in [0.4, 0.5) is 14.9 Å². The minimum Gasteiger partial charge on any atom is -0.490 e. The van der Waals surface area contributed by atoms with Crippen LogP contribution in [0.5, 0.6) is 5.75 Å². The van der Waals surface area contributed by atoms with Crippen molar-refractivity contribution in [3.05, 3.63) is 69.6 Å². The molecule has 0 saturated carbocycles. The Morgan fingerprint density at radius 2 is 1.81 bits per heavy atom. The smallest absolute Gasteiger partial charge is 0.410 e. The first-order valence-corrected chi connectivity index (χ1v) is 12.1. The van der Waals surface area contributed by atoms with Crippen molar-refractivity contribution in [3.63, 3.8) is 0 Å². The molecule has 37 heavy (non-hydrogen) atoms. The standard InChI is InChI=1S/C28H33FN2O6/c1-6-7-21-23(35-15-14-29)13-10-19-16-22(26(33)36-24(19)21)25(32)30-20-11-8-18(9-12-20)17-31(5)27(34)37-28(2,3)4/h8-13,16H,6-7,14-15,17H2,1-5H3,(H,30,32). The molecule has 0 bridgehead atoms. The molecule has 0 aliphatic carbocycles. The summed E-state index contributed by atoms with van der Waals surface area (Å²) in [5, 5.41) is 3.28. The van der Waals surface area contributed by atoms with Crippen molar-refractivity contribution in [1.29, 1.82) is 0 Å². The molecule has 3 rings (SSSR count). The molecule has 198 valence electrons. The fraction of sp³-hybridized carbons (Fsp3) is 0.393. The minimum atomic E-state index is -0.777.